The molecule has 0 saturated carbocycles. The van der Waals surface area contributed by atoms with E-state index in [4.69, 9.17) is 0 Å². The summed E-state index contributed by atoms with van der Waals surface area (Å²) in [7, 11) is 1.99. The van der Waals surface area contributed by atoms with E-state index < -0.39 is 0 Å². The van der Waals surface area contributed by atoms with Crippen molar-refractivity contribution in [3.05, 3.63) is 58.3 Å². The van der Waals surface area contributed by atoms with Crippen LogP contribution >= 0.6 is 11.3 Å². The van der Waals surface area contributed by atoms with Crippen molar-refractivity contribution in [2.45, 2.75) is 19.4 Å². The molecule has 1 unspecified atom stereocenters. The van der Waals surface area contributed by atoms with Gasteiger partial charge in [0.15, 0.2) is 0 Å². The van der Waals surface area contributed by atoms with Gasteiger partial charge in [-0.3, -0.25) is 9.69 Å². The number of nitrogens with zero attached hydrogens (tertiary/aromatic N) is 3. The number of likely N-dealkylation sites (N-methyl/N-ethyl adjacent to an activating group) is 1. The Hall–Kier alpha value is -1.98. The largest absolute Gasteiger partial charge is 0.290 e. The fraction of sp³-hybridized carbons (Fsp3) is 0.333. The highest BCUT2D eigenvalue weighted by atomic mass is 32.1. The number of amides is 1. The number of hydrazone groups is 1. The maximum Gasteiger partial charge on any atom is 0.256 e. The van der Waals surface area contributed by atoms with Gasteiger partial charge in [0.1, 0.15) is 0 Å². The van der Waals surface area contributed by atoms with Gasteiger partial charge in [0.05, 0.1) is 18.8 Å². The summed E-state index contributed by atoms with van der Waals surface area (Å²) in [6.07, 6.45) is 0.819. The Balaban J connectivity index is 1.62. The van der Waals surface area contributed by atoms with Crippen molar-refractivity contribution < 1.29 is 4.79 Å². The number of carbonyl (C=O) groups excluding carboxylic acids is 1. The van der Waals surface area contributed by atoms with Gasteiger partial charge >= 0.3 is 0 Å². The second-order valence-corrected chi connectivity index (χ2v) is 6.77. The summed E-state index contributed by atoms with van der Waals surface area (Å²) in [6, 6.07) is 14.5. The van der Waals surface area contributed by atoms with Crippen LogP contribution in [0.25, 0.3) is 0 Å². The van der Waals surface area contributed by atoms with Crippen LogP contribution in [0.1, 0.15) is 29.8 Å². The van der Waals surface area contributed by atoms with Gasteiger partial charge in [-0.1, -0.05) is 36.4 Å². The molecule has 0 bridgehead atoms. The van der Waals surface area contributed by atoms with Gasteiger partial charge in [-0.25, -0.2) is 5.01 Å². The van der Waals surface area contributed by atoms with E-state index in [2.05, 4.69) is 28.4 Å². The van der Waals surface area contributed by atoms with E-state index >= 15 is 0 Å². The number of carbonyl (C=O) groups is 1. The first-order valence-corrected chi connectivity index (χ1v) is 8.70. The molecule has 1 aliphatic rings. The smallest absolute Gasteiger partial charge is 0.256 e. The molecule has 0 fully saturated rings. The predicted octanol–water partition coefficient (Wildman–Crippen LogP) is 3.38. The Morgan fingerprint density at radius 1 is 1.30 bits per heavy atom. The fourth-order valence-electron chi connectivity index (χ4n) is 2.65. The third-order valence-electron chi connectivity index (χ3n) is 4.20. The predicted molar refractivity (Wildman–Crippen MR) is 94.7 cm³/mol. The molecule has 0 saturated heterocycles. The molecule has 23 heavy (non-hydrogen) atoms. The summed E-state index contributed by atoms with van der Waals surface area (Å²) in [5.74, 6) is 0.0573. The molecule has 0 N–H and O–H groups in total. The molecule has 1 aliphatic heterocycles. The minimum absolute atomic E-state index is 0.0573. The zero-order chi connectivity index (χ0) is 16.2. The van der Waals surface area contributed by atoms with Gasteiger partial charge in [-0.05, 0) is 31.0 Å². The third kappa shape index (κ3) is 3.68. The number of rotatable bonds is 5. The molecule has 2 heterocycles. The first-order chi connectivity index (χ1) is 11.1. The van der Waals surface area contributed by atoms with Crippen molar-refractivity contribution in [2.75, 3.05) is 20.1 Å². The molecule has 1 aromatic heterocycles. The molecule has 120 valence electrons. The molecule has 4 nitrogen and oxygen atoms in total. The molecule has 5 heteroatoms. The fourth-order valence-corrected chi connectivity index (χ4v) is 3.50. The summed E-state index contributed by atoms with van der Waals surface area (Å²) in [5.41, 5.74) is 2.09. The van der Waals surface area contributed by atoms with Crippen molar-refractivity contribution in [3.8, 4) is 0 Å². The summed E-state index contributed by atoms with van der Waals surface area (Å²) in [5, 5.41) is 8.19. The van der Waals surface area contributed by atoms with E-state index in [-0.39, 0.29) is 11.9 Å². The van der Waals surface area contributed by atoms with Gasteiger partial charge in [0, 0.05) is 17.3 Å². The number of benzene rings is 1. The van der Waals surface area contributed by atoms with Crippen LogP contribution in [0.4, 0.5) is 0 Å². The van der Waals surface area contributed by atoms with Crippen molar-refractivity contribution in [1.29, 1.82) is 0 Å². The van der Waals surface area contributed by atoms with E-state index in [0.717, 1.165) is 17.7 Å². The number of hydrogen-bond donors (Lipinski definition) is 0. The lowest BCUT2D eigenvalue weighted by Crippen LogP contribution is -2.36. The van der Waals surface area contributed by atoms with Crippen LogP contribution < -0.4 is 0 Å². The lowest BCUT2D eigenvalue weighted by atomic mass is 10.1. The average molecular weight is 327 g/mol. The van der Waals surface area contributed by atoms with Crippen LogP contribution in [0.3, 0.4) is 0 Å². The van der Waals surface area contributed by atoms with E-state index in [1.165, 1.54) is 4.88 Å². The van der Waals surface area contributed by atoms with E-state index in [1.807, 2.05) is 43.4 Å². The molecular weight excluding hydrogens is 306 g/mol. The standard InChI is InChI=1S/C18H21N3OS/c1-14(17-9-6-12-23-17)20(2)13-18(22)21-11-10-16(19-21)15-7-4-3-5-8-15/h3-9,12,14H,10-11,13H2,1-2H3. The van der Waals surface area contributed by atoms with Crippen molar-refractivity contribution in [2.24, 2.45) is 5.10 Å². The van der Waals surface area contributed by atoms with Gasteiger partial charge in [-0.2, -0.15) is 5.10 Å². The van der Waals surface area contributed by atoms with Gasteiger partial charge in [-0.15, -0.1) is 11.3 Å². The summed E-state index contributed by atoms with van der Waals surface area (Å²) in [4.78, 5) is 15.8. The van der Waals surface area contributed by atoms with Crippen LogP contribution in [0, 0.1) is 0 Å². The van der Waals surface area contributed by atoms with Gasteiger partial charge in [0.25, 0.3) is 5.91 Å². The van der Waals surface area contributed by atoms with Crippen LogP contribution in [-0.2, 0) is 4.79 Å². The molecule has 3 rings (SSSR count). The summed E-state index contributed by atoms with van der Waals surface area (Å²) >= 11 is 1.72. The minimum Gasteiger partial charge on any atom is -0.290 e. The molecule has 0 spiro atoms. The first-order valence-electron chi connectivity index (χ1n) is 7.82. The van der Waals surface area contributed by atoms with Crippen molar-refractivity contribution >= 4 is 23.0 Å². The molecule has 0 aliphatic carbocycles. The monoisotopic (exact) mass is 327 g/mol. The average Bonchev–Trinajstić information content (AvgIpc) is 3.26. The highest BCUT2D eigenvalue weighted by Crippen LogP contribution is 2.23. The highest BCUT2D eigenvalue weighted by Gasteiger charge is 2.24. The van der Waals surface area contributed by atoms with Crippen LogP contribution in [0.2, 0.25) is 0 Å². The normalized spacial score (nSPS) is 15.8. The molecule has 1 aromatic carbocycles. The maximum atomic E-state index is 12.5. The molecule has 2 aromatic rings. The number of thiophene rings is 1. The van der Waals surface area contributed by atoms with Crippen molar-refractivity contribution in [1.82, 2.24) is 9.91 Å². The van der Waals surface area contributed by atoms with Gasteiger partial charge < -0.3 is 0 Å². The zero-order valence-electron chi connectivity index (χ0n) is 13.5. The summed E-state index contributed by atoms with van der Waals surface area (Å²) < 4.78 is 0. The molecule has 0 radical (unpaired) electrons. The maximum absolute atomic E-state index is 12.5. The third-order valence-corrected chi connectivity index (χ3v) is 5.24. The van der Waals surface area contributed by atoms with Crippen LogP contribution in [0.5, 0.6) is 0 Å². The van der Waals surface area contributed by atoms with E-state index in [9.17, 15) is 4.79 Å². The Kier molecular flexibility index (Phi) is 4.88. The lowest BCUT2D eigenvalue weighted by Gasteiger charge is -2.24. The zero-order valence-corrected chi connectivity index (χ0v) is 14.3. The van der Waals surface area contributed by atoms with Crippen LogP contribution in [0.15, 0.2) is 52.9 Å². The Labute approximate surface area is 141 Å². The topological polar surface area (TPSA) is 35.9 Å². The second kappa shape index (κ2) is 7.06. The minimum atomic E-state index is 0.0573. The highest BCUT2D eigenvalue weighted by molar-refractivity contribution is 7.10. The Morgan fingerprint density at radius 3 is 2.78 bits per heavy atom. The van der Waals surface area contributed by atoms with Crippen molar-refractivity contribution in [3.63, 3.8) is 0 Å². The lowest BCUT2D eigenvalue weighted by molar-refractivity contribution is -0.132. The first kappa shape index (κ1) is 15.9. The quantitative estimate of drug-likeness (QED) is 0.844. The molecule has 1 amide bonds. The van der Waals surface area contributed by atoms with Crippen LogP contribution in [-0.4, -0.2) is 41.7 Å². The molecule has 1 atom stereocenters. The number of hydrogen-bond acceptors (Lipinski definition) is 4. The Bertz CT molecular complexity index is 682. The van der Waals surface area contributed by atoms with E-state index in [1.54, 1.807) is 16.3 Å². The second-order valence-electron chi connectivity index (χ2n) is 5.79. The summed E-state index contributed by atoms with van der Waals surface area (Å²) in [6.45, 7) is 3.18. The molecular formula is C18H21N3OS. The Morgan fingerprint density at radius 2 is 2.09 bits per heavy atom. The van der Waals surface area contributed by atoms with Gasteiger partial charge in [0.2, 0.25) is 0 Å². The van der Waals surface area contributed by atoms with E-state index in [0.29, 0.717) is 13.1 Å². The SMILES string of the molecule is CC(c1cccs1)N(C)CC(=O)N1CCC(c2ccccc2)=N1.